The van der Waals surface area contributed by atoms with Crippen molar-refractivity contribution < 1.29 is 19.1 Å². The van der Waals surface area contributed by atoms with Gasteiger partial charge in [-0.1, -0.05) is 0 Å². The fourth-order valence-corrected chi connectivity index (χ4v) is 2.24. The molecule has 0 aliphatic heterocycles. The van der Waals surface area contributed by atoms with Gasteiger partial charge in [0, 0.05) is 24.8 Å². The molecule has 108 valence electrons. The molecule has 6 heteroatoms. The van der Waals surface area contributed by atoms with Crippen LogP contribution in [0.4, 0.5) is 0 Å². The number of aromatic carboxylic acids is 1. The second kappa shape index (κ2) is 4.97. The summed E-state index contributed by atoms with van der Waals surface area (Å²) in [6.07, 6.45) is 3.54. The van der Waals surface area contributed by atoms with Gasteiger partial charge in [0.05, 0.1) is 0 Å². The quantitative estimate of drug-likeness (QED) is 0.798. The van der Waals surface area contributed by atoms with Crippen molar-refractivity contribution in [1.82, 2.24) is 9.55 Å². The zero-order chi connectivity index (χ0) is 15.0. The summed E-state index contributed by atoms with van der Waals surface area (Å²) in [5.74, 6) is 0.747. The third-order valence-electron chi connectivity index (χ3n) is 3.34. The highest BCUT2D eigenvalue weighted by molar-refractivity contribution is 6.03. The lowest BCUT2D eigenvalue weighted by Crippen LogP contribution is -2.03. The van der Waals surface area contributed by atoms with Crippen molar-refractivity contribution in [3.05, 3.63) is 47.7 Å². The normalized spacial score (nSPS) is 11.0. The first kappa shape index (κ1) is 13.2. The molecule has 6 nitrogen and oxygen atoms in total. The van der Waals surface area contributed by atoms with Gasteiger partial charge in [0.1, 0.15) is 35.1 Å². The lowest BCUT2D eigenvalue weighted by molar-refractivity contribution is 0.0697. The molecule has 0 saturated carbocycles. The molecule has 0 saturated heterocycles. The number of fused-ring (bicyclic) bond motifs is 1. The molecule has 0 radical (unpaired) electrons. The Kier molecular flexibility index (Phi) is 3.13. The largest absolute Gasteiger partial charge is 0.486 e. The fraction of sp³-hybridized carbons (Fsp3) is 0.200. The van der Waals surface area contributed by atoms with E-state index in [9.17, 15) is 9.90 Å². The maximum Gasteiger partial charge on any atom is 0.339 e. The van der Waals surface area contributed by atoms with Gasteiger partial charge in [0.25, 0.3) is 0 Å². The predicted octanol–water partition coefficient (Wildman–Crippen LogP) is 2.75. The SMILES string of the molecule is Cc1oc2ccc(OCc3nccn3C)cc2c1C(=O)O. The molecule has 2 heterocycles. The number of carboxylic acids is 1. The van der Waals surface area contributed by atoms with Crippen molar-refractivity contribution in [3.63, 3.8) is 0 Å². The van der Waals surface area contributed by atoms with Crippen LogP contribution in [0.5, 0.6) is 5.75 Å². The van der Waals surface area contributed by atoms with Gasteiger partial charge in [-0.2, -0.15) is 0 Å². The number of ether oxygens (including phenoxy) is 1. The number of carbonyl (C=O) groups is 1. The Labute approximate surface area is 120 Å². The smallest absolute Gasteiger partial charge is 0.339 e. The standard InChI is InChI=1S/C15H14N2O4/c1-9-14(15(18)19)11-7-10(3-4-12(11)21-9)20-8-13-16-5-6-17(13)2/h3-7H,8H2,1-2H3,(H,18,19). The van der Waals surface area contributed by atoms with Gasteiger partial charge in [-0.15, -0.1) is 0 Å². The molecule has 1 N–H and O–H groups in total. The second-order valence-electron chi connectivity index (χ2n) is 4.74. The summed E-state index contributed by atoms with van der Waals surface area (Å²) >= 11 is 0. The Bertz CT molecular complexity index is 816. The summed E-state index contributed by atoms with van der Waals surface area (Å²) in [4.78, 5) is 15.5. The lowest BCUT2D eigenvalue weighted by atomic mass is 10.1. The van der Waals surface area contributed by atoms with Crippen molar-refractivity contribution in [2.24, 2.45) is 7.05 Å². The van der Waals surface area contributed by atoms with E-state index in [0.29, 0.717) is 29.1 Å². The van der Waals surface area contributed by atoms with Crippen LogP contribution in [0.3, 0.4) is 0 Å². The first-order valence-electron chi connectivity index (χ1n) is 6.41. The van der Waals surface area contributed by atoms with Gasteiger partial charge in [0.15, 0.2) is 0 Å². The van der Waals surface area contributed by atoms with Crippen LogP contribution in [-0.2, 0) is 13.7 Å². The second-order valence-corrected chi connectivity index (χ2v) is 4.74. The molecule has 0 fully saturated rings. The number of aromatic nitrogens is 2. The number of hydrogen-bond donors (Lipinski definition) is 1. The monoisotopic (exact) mass is 286 g/mol. The molecular weight excluding hydrogens is 272 g/mol. The summed E-state index contributed by atoms with van der Waals surface area (Å²) < 4.78 is 13.0. The molecule has 2 aromatic heterocycles. The van der Waals surface area contributed by atoms with Crippen LogP contribution in [0, 0.1) is 6.92 Å². The number of nitrogens with zero attached hydrogens (tertiary/aromatic N) is 2. The number of hydrogen-bond acceptors (Lipinski definition) is 4. The number of rotatable bonds is 4. The van der Waals surface area contributed by atoms with Crippen LogP contribution in [0.15, 0.2) is 35.0 Å². The molecule has 3 rings (SSSR count). The highest BCUT2D eigenvalue weighted by Crippen LogP contribution is 2.29. The number of imidazole rings is 1. The molecule has 0 bridgehead atoms. The number of furan rings is 1. The fourth-order valence-electron chi connectivity index (χ4n) is 2.24. The van der Waals surface area contributed by atoms with Crippen molar-refractivity contribution in [2.45, 2.75) is 13.5 Å². The van der Waals surface area contributed by atoms with Crippen LogP contribution in [-0.4, -0.2) is 20.6 Å². The van der Waals surface area contributed by atoms with Crippen LogP contribution >= 0.6 is 0 Å². The summed E-state index contributed by atoms with van der Waals surface area (Å²) in [6, 6.07) is 5.14. The third-order valence-corrected chi connectivity index (χ3v) is 3.34. The highest BCUT2D eigenvalue weighted by atomic mass is 16.5. The van der Waals surface area contributed by atoms with Gasteiger partial charge in [-0.25, -0.2) is 9.78 Å². The summed E-state index contributed by atoms with van der Waals surface area (Å²) in [5, 5.41) is 9.79. The minimum Gasteiger partial charge on any atom is -0.486 e. The van der Waals surface area contributed by atoms with E-state index in [2.05, 4.69) is 4.98 Å². The molecule has 21 heavy (non-hydrogen) atoms. The van der Waals surface area contributed by atoms with Gasteiger partial charge < -0.3 is 18.8 Å². The number of aryl methyl sites for hydroxylation is 2. The maximum absolute atomic E-state index is 11.3. The van der Waals surface area contributed by atoms with E-state index >= 15 is 0 Å². The Morgan fingerprint density at radius 3 is 2.95 bits per heavy atom. The van der Waals surface area contributed by atoms with Crippen molar-refractivity contribution >= 4 is 16.9 Å². The number of benzene rings is 1. The Hall–Kier alpha value is -2.76. The van der Waals surface area contributed by atoms with Gasteiger partial charge in [0.2, 0.25) is 0 Å². The first-order valence-corrected chi connectivity index (χ1v) is 6.41. The van der Waals surface area contributed by atoms with Crippen molar-refractivity contribution in [3.8, 4) is 5.75 Å². The summed E-state index contributed by atoms with van der Waals surface area (Å²) in [7, 11) is 1.89. The minimum absolute atomic E-state index is 0.174. The Morgan fingerprint density at radius 1 is 1.48 bits per heavy atom. The molecule has 0 spiro atoms. The van der Waals surface area contributed by atoms with Gasteiger partial charge >= 0.3 is 5.97 Å². The molecule has 0 aliphatic carbocycles. The van der Waals surface area contributed by atoms with E-state index in [4.69, 9.17) is 9.15 Å². The summed E-state index contributed by atoms with van der Waals surface area (Å²) in [5.41, 5.74) is 0.710. The summed E-state index contributed by atoms with van der Waals surface area (Å²) in [6.45, 7) is 1.95. The minimum atomic E-state index is -1.01. The van der Waals surface area contributed by atoms with Gasteiger partial charge in [-0.3, -0.25) is 0 Å². The van der Waals surface area contributed by atoms with E-state index in [1.54, 1.807) is 31.3 Å². The van der Waals surface area contributed by atoms with E-state index in [-0.39, 0.29) is 5.56 Å². The van der Waals surface area contributed by atoms with E-state index in [1.807, 2.05) is 17.8 Å². The average Bonchev–Trinajstić information content (AvgIpc) is 2.98. The van der Waals surface area contributed by atoms with Gasteiger partial charge in [-0.05, 0) is 25.1 Å². The van der Waals surface area contributed by atoms with Crippen molar-refractivity contribution in [1.29, 1.82) is 0 Å². The molecular formula is C15H14N2O4. The molecule has 0 atom stereocenters. The van der Waals surface area contributed by atoms with Crippen LogP contribution in [0.2, 0.25) is 0 Å². The molecule has 0 aliphatic rings. The van der Waals surface area contributed by atoms with E-state index < -0.39 is 5.97 Å². The predicted molar refractivity (Wildman–Crippen MR) is 75.5 cm³/mol. The van der Waals surface area contributed by atoms with E-state index in [0.717, 1.165) is 5.82 Å². The van der Waals surface area contributed by atoms with Crippen molar-refractivity contribution in [2.75, 3.05) is 0 Å². The molecule has 0 unspecified atom stereocenters. The average molecular weight is 286 g/mol. The Balaban J connectivity index is 1.91. The topological polar surface area (TPSA) is 77.5 Å². The molecule has 1 aromatic carbocycles. The zero-order valence-electron chi connectivity index (χ0n) is 11.7. The lowest BCUT2D eigenvalue weighted by Gasteiger charge is -2.06. The van der Waals surface area contributed by atoms with Crippen LogP contribution in [0.1, 0.15) is 21.9 Å². The van der Waals surface area contributed by atoms with Crippen LogP contribution < -0.4 is 4.74 Å². The first-order chi connectivity index (χ1) is 10.1. The zero-order valence-corrected chi connectivity index (χ0v) is 11.7. The van der Waals surface area contributed by atoms with E-state index in [1.165, 1.54) is 0 Å². The maximum atomic E-state index is 11.3. The Morgan fingerprint density at radius 2 is 2.29 bits per heavy atom. The molecule has 0 amide bonds. The third kappa shape index (κ3) is 2.35. The molecule has 3 aromatic rings. The van der Waals surface area contributed by atoms with Crippen LogP contribution in [0.25, 0.3) is 11.0 Å². The number of carboxylic acid groups (broad SMARTS) is 1. The highest BCUT2D eigenvalue weighted by Gasteiger charge is 2.17.